The molecule has 8 nitrogen and oxygen atoms in total. The highest BCUT2D eigenvalue weighted by Gasteiger charge is 2.47. The van der Waals surface area contributed by atoms with Crippen LogP contribution in [-0.4, -0.2) is 40.9 Å². The van der Waals surface area contributed by atoms with Gasteiger partial charge in [0.1, 0.15) is 46.0 Å². The Labute approximate surface area is 872 Å². The Hall–Kier alpha value is -7.84. The van der Waals surface area contributed by atoms with Crippen LogP contribution in [0.25, 0.3) is 0 Å². The van der Waals surface area contributed by atoms with Crippen LogP contribution in [0.5, 0.6) is 46.0 Å². The van der Waals surface area contributed by atoms with Crippen molar-refractivity contribution < 1.29 is 40.9 Å². The van der Waals surface area contributed by atoms with Gasteiger partial charge in [-0.05, 0) is 551 Å². The fourth-order valence-corrected chi connectivity index (χ4v) is 31.6. The summed E-state index contributed by atoms with van der Waals surface area (Å²) < 4.78 is 0. The molecule has 8 aromatic carbocycles. The third-order valence-electron chi connectivity index (χ3n) is 43.3. The quantitative estimate of drug-likeness (QED) is 0.0474. The van der Waals surface area contributed by atoms with Crippen molar-refractivity contribution in [1.29, 1.82) is 0 Å². The summed E-state index contributed by atoms with van der Waals surface area (Å²) in [5, 5.41) is 107. The standard InChI is InChI=1S/C136H192O8/c1-81(2)89-25-41-129(17,42-26-89)113-65-105-61-106-66-115(131(19)45-29-91(30-46-131)83(5)6)99(75-123(106)139)58-100-76-125(141)109(69-117(100)133(21)49-33-93(34-50-133)85(9)10)63-110-70-119(135(23)53-37-95(38-54-135)87(13)14)103(79-127(110)143)60-104-80-128(144)112(72-120(104)136(24)55-39-96(40-56-136)88(15)16)64-111-71-118(134(22)51-35-94(36-52-134)86(11)12)102(78-126(111)142)59-101-77-124(140)108(68-116(101)132(20)47-31-92(32-48-132)84(7)8)62-107-67-114(130(18)43-27-90(28-44-130)82(3)4)98(74-122(107)138)57-97(113)73-121(105)137/h65-96,137-144H,25-64H2,1-24H3. The molecule has 30 aliphatic carbocycles. The summed E-state index contributed by atoms with van der Waals surface area (Å²) in [4.78, 5) is 0. The second kappa shape index (κ2) is 42.2. The highest BCUT2D eigenvalue weighted by molar-refractivity contribution is 5.62. The van der Waals surface area contributed by atoms with Crippen molar-refractivity contribution in [3.8, 4) is 46.0 Å². The van der Waals surface area contributed by atoms with Crippen LogP contribution in [0, 0.1) is 94.7 Å². The minimum atomic E-state index is -0.227. The van der Waals surface area contributed by atoms with E-state index in [0.717, 1.165) is 294 Å². The van der Waals surface area contributed by atoms with Gasteiger partial charge in [0.2, 0.25) is 0 Å². The summed E-state index contributed by atoms with van der Waals surface area (Å²) in [6.07, 6.45) is 37.5. The molecule has 0 aromatic heterocycles. The van der Waals surface area contributed by atoms with Crippen molar-refractivity contribution in [3.05, 3.63) is 231 Å². The summed E-state index contributed by atoms with van der Waals surface area (Å²) in [6.45, 7) is 58.2. The molecule has 784 valence electrons. The van der Waals surface area contributed by atoms with Gasteiger partial charge in [-0.15, -0.1) is 0 Å². The Bertz CT molecular complexity index is 4800. The predicted molar refractivity (Wildman–Crippen MR) is 600 cm³/mol. The monoisotopic (exact) mass is 1950 g/mol. The van der Waals surface area contributed by atoms with Gasteiger partial charge in [0.25, 0.3) is 0 Å². The Morgan fingerprint density at radius 1 is 0.146 bits per heavy atom. The third-order valence-corrected chi connectivity index (χ3v) is 43.3. The zero-order valence-corrected chi connectivity index (χ0v) is 94.3. The topological polar surface area (TPSA) is 162 Å². The van der Waals surface area contributed by atoms with Gasteiger partial charge < -0.3 is 40.9 Å². The molecule has 38 rings (SSSR count). The molecule has 144 heavy (non-hydrogen) atoms. The maximum Gasteiger partial charge on any atom is 0.119 e. The van der Waals surface area contributed by atoms with Gasteiger partial charge in [-0.2, -0.15) is 0 Å². The maximum atomic E-state index is 13.3. The normalized spacial score (nSPS) is 30.3. The smallest absolute Gasteiger partial charge is 0.119 e. The Morgan fingerprint density at radius 2 is 0.229 bits per heavy atom. The van der Waals surface area contributed by atoms with Gasteiger partial charge in [-0.1, -0.05) is 215 Å². The van der Waals surface area contributed by atoms with Crippen molar-refractivity contribution in [2.45, 2.75) is 466 Å². The molecule has 30 aliphatic rings. The van der Waals surface area contributed by atoms with Crippen molar-refractivity contribution in [2.75, 3.05) is 0 Å². The van der Waals surface area contributed by atoms with E-state index in [0.29, 0.717) is 146 Å². The number of hydrogen-bond acceptors (Lipinski definition) is 8. The second-order valence-corrected chi connectivity index (χ2v) is 55.7. The molecule has 0 radical (unpaired) electrons. The lowest BCUT2D eigenvalue weighted by molar-refractivity contribution is 0.203. The Morgan fingerprint density at radius 3 is 0.312 bits per heavy atom. The minimum Gasteiger partial charge on any atom is -0.508 e. The number of aromatic hydroxyl groups is 8. The third kappa shape index (κ3) is 22.1. The lowest BCUT2D eigenvalue weighted by Gasteiger charge is -2.42. The molecule has 16 bridgehead atoms. The SMILES string of the molecule is CC(C)C1CCC(C)(c2cc3c(O)cc2Cc2cc(O)c(cc2C2(C)CCC(C(C)C)CC2)Cc2cc(C4(C)CCC(C(C)C)CC4)c(cc2O)Cc2cc(O)c(cc2C2(C)CCC(C(C)C)CC2)Cc2cc(C4(C)CCC(C(C)C)CC4)c(cc2O)Cc2cc(O)c(cc2C2(C)CCC(C(C)C)CC2)Cc2cc(C4(C)CCC(C(C)C)CC4)c(cc2O)Cc2cc(O)c(cc2C2(C)CCC(C(C)C)CC2)C3)CC1. The molecule has 0 amide bonds. The first-order valence-electron chi connectivity index (χ1n) is 58.8. The molecular formula is C136H192O8. The number of rotatable bonds is 16. The molecule has 0 atom stereocenters. The van der Waals surface area contributed by atoms with E-state index >= 15 is 0 Å². The molecule has 8 heteroatoms. The highest BCUT2D eigenvalue weighted by atomic mass is 16.3. The first-order chi connectivity index (χ1) is 68.0. The second-order valence-electron chi connectivity index (χ2n) is 55.7. The summed E-state index contributed by atoms with van der Waals surface area (Å²) in [6, 6.07) is 35.7. The van der Waals surface area contributed by atoms with E-state index < -0.39 is 0 Å². The first kappa shape index (κ1) is 107. The van der Waals surface area contributed by atoms with E-state index in [9.17, 15) is 40.9 Å². The van der Waals surface area contributed by atoms with Crippen molar-refractivity contribution in [1.82, 2.24) is 0 Å². The minimum absolute atomic E-state index is 0.227. The number of phenolic OH excluding ortho intramolecular Hbond substituents is 8. The van der Waals surface area contributed by atoms with Crippen molar-refractivity contribution in [3.63, 3.8) is 0 Å². The van der Waals surface area contributed by atoms with Crippen molar-refractivity contribution in [2.24, 2.45) is 94.7 Å². The summed E-state index contributed by atoms with van der Waals surface area (Å²) in [5.41, 5.74) is 23.4. The molecule has 8 N–H and O–H groups in total. The van der Waals surface area contributed by atoms with Crippen LogP contribution in [0.2, 0.25) is 0 Å². The largest absolute Gasteiger partial charge is 0.508 e. The van der Waals surface area contributed by atoms with Crippen LogP contribution in [0.4, 0.5) is 0 Å². The Kier molecular flexibility index (Phi) is 31.5. The highest BCUT2D eigenvalue weighted by Crippen LogP contribution is 2.59. The van der Waals surface area contributed by atoms with Gasteiger partial charge in [0, 0.05) is 25.7 Å². The molecule has 0 heterocycles. The van der Waals surface area contributed by atoms with Gasteiger partial charge >= 0.3 is 0 Å². The first-order valence-corrected chi connectivity index (χ1v) is 58.8. The van der Waals surface area contributed by atoms with Gasteiger partial charge in [-0.25, -0.2) is 0 Å². The van der Waals surface area contributed by atoms with E-state index in [1.165, 1.54) is 44.5 Å². The van der Waals surface area contributed by atoms with Crippen LogP contribution in [0.3, 0.4) is 0 Å². The maximum absolute atomic E-state index is 13.3. The zero-order chi connectivity index (χ0) is 103. The lowest BCUT2D eigenvalue weighted by atomic mass is 9.63. The molecule has 0 saturated heterocycles. The summed E-state index contributed by atoms with van der Waals surface area (Å²) in [7, 11) is 0. The van der Waals surface area contributed by atoms with E-state index in [-0.39, 0.29) is 89.3 Å². The van der Waals surface area contributed by atoms with Gasteiger partial charge in [-0.3, -0.25) is 0 Å². The molecule has 0 spiro atoms. The average molecular weight is 1960 g/mol. The molecule has 8 fully saturated rings. The van der Waals surface area contributed by atoms with E-state index in [1.807, 2.05) is 0 Å². The van der Waals surface area contributed by atoms with Gasteiger partial charge in [0.15, 0.2) is 0 Å². The summed E-state index contributed by atoms with van der Waals surface area (Å²) in [5.74, 6) is 11.3. The van der Waals surface area contributed by atoms with Gasteiger partial charge in [0.05, 0.1) is 0 Å². The van der Waals surface area contributed by atoms with Crippen LogP contribution in [0.1, 0.15) is 505 Å². The van der Waals surface area contributed by atoms with Crippen molar-refractivity contribution >= 4 is 0 Å². The lowest BCUT2D eigenvalue weighted by Crippen LogP contribution is -2.33. The van der Waals surface area contributed by atoms with Crippen LogP contribution >= 0.6 is 0 Å². The number of hydrogen-bond donors (Lipinski definition) is 8. The molecule has 0 unspecified atom stereocenters. The van der Waals surface area contributed by atoms with E-state index in [1.54, 1.807) is 0 Å². The average Bonchev–Trinajstić information content (AvgIpc) is 0.748. The molecule has 0 aliphatic heterocycles. The fourth-order valence-electron chi connectivity index (χ4n) is 31.6. The number of phenols is 8. The Balaban J connectivity index is 0.879. The predicted octanol–water partition coefficient (Wildman–Crippen LogP) is 35.2. The molecule has 8 aromatic rings. The van der Waals surface area contributed by atoms with Crippen LogP contribution < -0.4 is 0 Å². The molecular weight excluding hydrogens is 1760 g/mol. The van der Waals surface area contributed by atoms with E-state index in [2.05, 4.69) is 263 Å². The van der Waals surface area contributed by atoms with Crippen LogP contribution in [0.15, 0.2) is 97.1 Å². The van der Waals surface area contributed by atoms with Crippen LogP contribution in [-0.2, 0) is 94.7 Å². The number of benzene rings is 8. The molecule has 8 saturated carbocycles. The fraction of sp³-hybridized carbons (Fsp3) is 0.647. The summed E-state index contributed by atoms with van der Waals surface area (Å²) >= 11 is 0. The van der Waals surface area contributed by atoms with E-state index in [4.69, 9.17) is 0 Å². The zero-order valence-electron chi connectivity index (χ0n) is 94.3.